The van der Waals surface area contributed by atoms with E-state index < -0.39 is 0 Å². The van der Waals surface area contributed by atoms with Crippen LogP contribution in [0.2, 0.25) is 0 Å². The van der Waals surface area contributed by atoms with Gasteiger partial charge in [-0.15, -0.1) is 0 Å². The molecule has 0 saturated heterocycles. The topological polar surface area (TPSA) is 63.2 Å². The lowest BCUT2D eigenvalue weighted by atomic mass is 10.2. The number of carbonyl (C=O) groups excluding carboxylic acids is 1. The lowest BCUT2D eigenvalue weighted by Crippen LogP contribution is -2.27. The first-order valence-corrected chi connectivity index (χ1v) is 7.66. The van der Waals surface area contributed by atoms with E-state index in [0.29, 0.717) is 18.8 Å². The SMILES string of the molecule is COCCNC(=O)c1cc(Nc2ccc(Br)c(C)c2)ccn1. The molecule has 0 spiro atoms. The van der Waals surface area contributed by atoms with Gasteiger partial charge in [-0.2, -0.15) is 0 Å². The normalized spacial score (nSPS) is 10.3. The van der Waals surface area contributed by atoms with Gasteiger partial charge in [0.15, 0.2) is 0 Å². The molecular weight excluding hydrogens is 346 g/mol. The van der Waals surface area contributed by atoms with Gasteiger partial charge in [-0.05, 0) is 42.8 Å². The van der Waals surface area contributed by atoms with Gasteiger partial charge in [-0.25, -0.2) is 0 Å². The van der Waals surface area contributed by atoms with Crippen LogP contribution in [0, 0.1) is 6.92 Å². The van der Waals surface area contributed by atoms with Crippen LogP contribution in [0.3, 0.4) is 0 Å². The summed E-state index contributed by atoms with van der Waals surface area (Å²) in [6, 6.07) is 9.53. The van der Waals surface area contributed by atoms with Crippen molar-refractivity contribution in [2.75, 3.05) is 25.6 Å². The van der Waals surface area contributed by atoms with E-state index in [2.05, 4.69) is 31.5 Å². The minimum absolute atomic E-state index is 0.215. The maximum atomic E-state index is 12.0. The highest BCUT2D eigenvalue weighted by molar-refractivity contribution is 9.10. The number of pyridine rings is 1. The van der Waals surface area contributed by atoms with Gasteiger partial charge in [0.1, 0.15) is 5.69 Å². The molecule has 22 heavy (non-hydrogen) atoms. The van der Waals surface area contributed by atoms with Crippen molar-refractivity contribution in [2.24, 2.45) is 0 Å². The smallest absolute Gasteiger partial charge is 0.270 e. The van der Waals surface area contributed by atoms with E-state index >= 15 is 0 Å². The number of halogens is 1. The summed E-state index contributed by atoms with van der Waals surface area (Å²) in [6.45, 7) is 2.96. The van der Waals surface area contributed by atoms with E-state index in [1.54, 1.807) is 19.4 Å². The van der Waals surface area contributed by atoms with Crippen molar-refractivity contribution in [3.05, 3.63) is 52.3 Å². The number of aryl methyl sites for hydroxylation is 1. The number of hydrogen-bond acceptors (Lipinski definition) is 4. The number of amides is 1. The van der Waals surface area contributed by atoms with Crippen LogP contribution < -0.4 is 10.6 Å². The number of carbonyl (C=O) groups is 1. The Labute approximate surface area is 138 Å². The second-order valence-electron chi connectivity index (χ2n) is 4.77. The summed E-state index contributed by atoms with van der Waals surface area (Å²) in [5.41, 5.74) is 3.28. The van der Waals surface area contributed by atoms with E-state index in [0.717, 1.165) is 21.4 Å². The number of benzene rings is 1. The van der Waals surface area contributed by atoms with E-state index in [9.17, 15) is 4.79 Å². The molecule has 0 atom stereocenters. The zero-order valence-electron chi connectivity index (χ0n) is 12.5. The molecule has 2 aromatic rings. The first-order chi connectivity index (χ1) is 10.6. The maximum absolute atomic E-state index is 12.0. The van der Waals surface area contributed by atoms with Crippen LogP contribution in [0.4, 0.5) is 11.4 Å². The zero-order valence-corrected chi connectivity index (χ0v) is 14.1. The van der Waals surface area contributed by atoms with Crippen molar-refractivity contribution < 1.29 is 9.53 Å². The molecule has 0 radical (unpaired) electrons. The molecule has 1 aromatic heterocycles. The Morgan fingerprint density at radius 2 is 2.05 bits per heavy atom. The monoisotopic (exact) mass is 363 g/mol. The van der Waals surface area contributed by atoms with Crippen LogP contribution in [-0.4, -0.2) is 31.2 Å². The Morgan fingerprint density at radius 3 is 2.77 bits per heavy atom. The second-order valence-corrected chi connectivity index (χ2v) is 5.62. The Hall–Kier alpha value is -1.92. The molecule has 0 aliphatic heterocycles. The van der Waals surface area contributed by atoms with Crippen LogP contribution in [0.5, 0.6) is 0 Å². The molecule has 0 bridgehead atoms. The molecule has 0 aliphatic carbocycles. The minimum Gasteiger partial charge on any atom is -0.383 e. The molecular formula is C16H18BrN3O2. The summed E-state index contributed by atoms with van der Waals surface area (Å²) < 4.78 is 5.96. The Balaban J connectivity index is 2.07. The third-order valence-electron chi connectivity index (χ3n) is 3.03. The first kappa shape index (κ1) is 16.5. The van der Waals surface area contributed by atoms with Crippen molar-refractivity contribution in [3.63, 3.8) is 0 Å². The largest absolute Gasteiger partial charge is 0.383 e. The zero-order chi connectivity index (χ0) is 15.9. The molecule has 0 aliphatic rings. The summed E-state index contributed by atoms with van der Waals surface area (Å²) >= 11 is 3.47. The van der Waals surface area contributed by atoms with E-state index in [-0.39, 0.29) is 5.91 Å². The van der Waals surface area contributed by atoms with Gasteiger partial charge in [-0.3, -0.25) is 9.78 Å². The summed E-state index contributed by atoms with van der Waals surface area (Å²) in [7, 11) is 1.59. The highest BCUT2D eigenvalue weighted by Crippen LogP contribution is 2.23. The van der Waals surface area contributed by atoms with Crippen LogP contribution >= 0.6 is 15.9 Å². The van der Waals surface area contributed by atoms with Crippen LogP contribution in [-0.2, 0) is 4.74 Å². The lowest BCUT2D eigenvalue weighted by molar-refractivity contribution is 0.0932. The summed E-state index contributed by atoms with van der Waals surface area (Å²) in [4.78, 5) is 16.1. The van der Waals surface area contributed by atoms with Gasteiger partial charge in [-0.1, -0.05) is 15.9 Å². The number of methoxy groups -OCH3 is 1. The molecule has 2 rings (SSSR count). The predicted octanol–water partition coefficient (Wildman–Crippen LogP) is 3.27. The quantitative estimate of drug-likeness (QED) is 0.773. The van der Waals surface area contributed by atoms with Crippen molar-refractivity contribution in [2.45, 2.75) is 6.92 Å². The van der Waals surface area contributed by atoms with Crippen molar-refractivity contribution in [3.8, 4) is 0 Å². The van der Waals surface area contributed by atoms with Gasteiger partial charge in [0.05, 0.1) is 6.61 Å². The molecule has 6 heteroatoms. The number of nitrogens with one attached hydrogen (secondary N) is 2. The van der Waals surface area contributed by atoms with Crippen molar-refractivity contribution in [1.29, 1.82) is 0 Å². The fraction of sp³-hybridized carbons (Fsp3) is 0.250. The third kappa shape index (κ3) is 4.54. The average Bonchev–Trinajstić information content (AvgIpc) is 2.51. The molecule has 5 nitrogen and oxygen atoms in total. The molecule has 116 valence electrons. The lowest BCUT2D eigenvalue weighted by Gasteiger charge is -2.09. The number of rotatable bonds is 6. The Morgan fingerprint density at radius 1 is 1.27 bits per heavy atom. The van der Waals surface area contributed by atoms with E-state index in [4.69, 9.17) is 4.74 Å². The van der Waals surface area contributed by atoms with E-state index in [1.807, 2.05) is 31.2 Å². The summed E-state index contributed by atoms with van der Waals surface area (Å²) in [6.07, 6.45) is 1.61. The van der Waals surface area contributed by atoms with Gasteiger partial charge < -0.3 is 15.4 Å². The third-order valence-corrected chi connectivity index (χ3v) is 3.92. The predicted molar refractivity (Wildman–Crippen MR) is 90.6 cm³/mol. The van der Waals surface area contributed by atoms with Crippen LogP contribution in [0.25, 0.3) is 0 Å². The summed E-state index contributed by atoms with van der Waals surface area (Å²) in [5.74, 6) is -0.215. The fourth-order valence-corrected chi connectivity index (χ4v) is 2.13. The minimum atomic E-state index is -0.215. The number of anilines is 2. The highest BCUT2D eigenvalue weighted by Gasteiger charge is 2.07. The van der Waals surface area contributed by atoms with Crippen molar-refractivity contribution >= 4 is 33.2 Å². The molecule has 1 amide bonds. The number of ether oxygens (including phenoxy) is 1. The second kappa shape index (κ2) is 7.91. The molecule has 1 aromatic carbocycles. The molecule has 0 saturated carbocycles. The van der Waals surface area contributed by atoms with Gasteiger partial charge in [0.2, 0.25) is 0 Å². The highest BCUT2D eigenvalue weighted by atomic mass is 79.9. The average molecular weight is 364 g/mol. The Bertz CT molecular complexity index is 662. The molecule has 2 N–H and O–H groups in total. The Kier molecular flexibility index (Phi) is 5.91. The fourth-order valence-electron chi connectivity index (χ4n) is 1.88. The molecule has 1 heterocycles. The number of hydrogen-bond donors (Lipinski definition) is 2. The van der Waals surface area contributed by atoms with Crippen LogP contribution in [0.15, 0.2) is 41.0 Å². The standard InChI is InChI=1S/C16H18BrN3O2/c1-11-9-12(3-4-14(11)17)20-13-5-6-18-15(10-13)16(21)19-7-8-22-2/h3-6,9-10H,7-8H2,1-2H3,(H,18,20)(H,19,21). The van der Waals surface area contributed by atoms with Crippen LogP contribution in [0.1, 0.15) is 16.1 Å². The molecule has 0 fully saturated rings. The first-order valence-electron chi connectivity index (χ1n) is 6.86. The summed E-state index contributed by atoms with van der Waals surface area (Å²) in [5, 5.41) is 6.02. The number of aromatic nitrogens is 1. The van der Waals surface area contributed by atoms with Gasteiger partial charge in [0, 0.05) is 35.7 Å². The van der Waals surface area contributed by atoms with Gasteiger partial charge >= 0.3 is 0 Å². The molecule has 0 unspecified atom stereocenters. The van der Waals surface area contributed by atoms with E-state index in [1.165, 1.54) is 0 Å². The number of nitrogens with zero attached hydrogens (tertiary/aromatic N) is 1. The van der Waals surface area contributed by atoms with Crippen molar-refractivity contribution in [1.82, 2.24) is 10.3 Å². The van der Waals surface area contributed by atoms with Gasteiger partial charge in [0.25, 0.3) is 5.91 Å². The maximum Gasteiger partial charge on any atom is 0.270 e.